The van der Waals surface area contributed by atoms with E-state index in [-0.39, 0.29) is 18.1 Å². The van der Waals surface area contributed by atoms with E-state index in [1.807, 2.05) is 12.1 Å². The molecule has 2 aromatic rings. The van der Waals surface area contributed by atoms with Crippen molar-refractivity contribution in [3.63, 3.8) is 0 Å². The molecule has 0 saturated carbocycles. The van der Waals surface area contributed by atoms with Gasteiger partial charge in [0.05, 0.1) is 13.2 Å². The number of nitrogens with zero attached hydrogens (tertiary/aromatic N) is 1. The molecule has 0 radical (unpaired) electrons. The summed E-state index contributed by atoms with van der Waals surface area (Å²) in [5.41, 5.74) is 2.17. The Balaban J connectivity index is 1.52. The number of morpholine rings is 1. The third-order valence-corrected chi connectivity index (χ3v) is 4.67. The fourth-order valence-electron chi connectivity index (χ4n) is 3.40. The van der Waals surface area contributed by atoms with Crippen LogP contribution in [-0.4, -0.2) is 43.7 Å². The van der Waals surface area contributed by atoms with E-state index in [9.17, 15) is 9.59 Å². The largest absolute Gasteiger partial charge is 0.484 e. The van der Waals surface area contributed by atoms with Crippen LogP contribution in [-0.2, 0) is 22.4 Å². The molecule has 0 N–H and O–H groups in total. The summed E-state index contributed by atoms with van der Waals surface area (Å²) < 4.78 is 16.2. The highest BCUT2D eigenvalue weighted by Gasteiger charge is 2.20. The van der Waals surface area contributed by atoms with Crippen LogP contribution >= 0.6 is 0 Å². The summed E-state index contributed by atoms with van der Waals surface area (Å²) in [7, 11) is 0. The third kappa shape index (κ3) is 2.78. The number of rotatable bonds is 3. The second-order valence-corrected chi connectivity index (χ2v) is 6.14. The molecule has 0 atom stereocenters. The number of amides is 1. The van der Waals surface area contributed by atoms with Crippen LogP contribution in [0.4, 0.5) is 0 Å². The summed E-state index contributed by atoms with van der Waals surface area (Å²) in [5.74, 6) is 0.471. The summed E-state index contributed by atoms with van der Waals surface area (Å²) in [6.45, 7) is 2.30. The number of carbonyl (C=O) groups is 1. The predicted octanol–water partition coefficient (Wildman–Crippen LogP) is 1.52. The number of fused-ring (bicyclic) bond motifs is 3. The van der Waals surface area contributed by atoms with Gasteiger partial charge in [-0.1, -0.05) is 0 Å². The first kappa shape index (κ1) is 15.2. The van der Waals surface area contributed by atoms with Crippen molar-refractivity contribution in [2.45, 2.75) is 19.3 Å². The van der Waals surface area contributed by atoms with E-state index in [1.165, 1.54) is 0 Å². The molecule has 4 rings (SSSR count). The molecular formula is C18H19NO5. The third-order valence-electron chi connectivity index (χ3n) is 4.67. The lowest BCUT2D eigenvalue weighted by Crippen LogP contribution is -2.42. The number of hydrogen-bond donors (Lipinski definition) is 0. The Morgan fingerprint density at radius 2 is 1.96 bits per heavy atom. The number of ether oxygens (including phenoxy) is 2. The van der Waals surface area contributed by atoms with Crippen LogP contribution in [0, 0.1) is 0 Å². The molecule has 1 aliphatic carbocycles. The maximum Gasteiger partial charge on any atom is 0.339 e. The summed E-state index contributed by atoms with van der Waals surface area (Å²) >= 11 is 0. The van der Waals surface area contributed by atoms with Crippen molar-refractivity contribution in [2.75, 3.05) is 32.9 Å². The quantitative estimate of drug-likeness (QED) is 0.799. The van der Waals surface area contributed by atoms with Crippen LogP contribution in [0.25, 0.3) is 11.0 Å². The molecular weight excluding hydrogens is 310 g/mol. The zero-order chi connectivity index (χ0) is 16.5. The Hall–Kier alpha value is -2.34. The van der Waals surface area contributed by atoms with Crippen molar-refractivity contribution in [2.24, 2.45) is 0 Å². The highest BCUT2D eigenvalue weighted by atomic mass is 16.5. The van der Waals surface area contributed by atoms with Crippen molar-refractivity contribution < 1.29 is 18.7 Å². The van der Waals surface area contributed by atoms with Gasteiger partial charge in [0.25, 0.3) is 5.91 Å². The average molecular weight is 329 g/mol. The van der Waals surface area contributed by atoms with E-state index in [0.717, 1.165) is 35.8 Å². The van der Waals surface area contributed by atoms with Crippen LogP contribution in [0.15, 0.2) is 27.4 Å². The molecule has 6 nitrogen and oxygen atoms in total. The molecule has 1 aromatic heterocycles. The van der Waals surface area contributed by atoms with Crippen molar-refractivity contribution in [1.82, 2.24) is 4.90 Å². The zero-order valence-electron chi connectivity index (χ0n) is 13.4. The molecule has 1 fully saturated rings. The first-order valence-electron chi connectivity index (χ1n) is 8.29. The van der Waals surface area contributed by atoms with Gasteiger partial charge < -0.3 is 18.8 Å². The number of hydrogen-bond acceptors (Lipinski definition) is 5. The van der Waals surface area contributed by atoms with Gasteiger partial charge in [0.1, 0.15) is 11.3 Å². The Kier molecular flexibility index (Phi) is 3.98. The van der Waals surface area contributed by atoms with E-state index in [2.05, 4.69) is 0 Å². The molecule has 0 unspecified atom stereocenters. The lowest BCUT2D eigenvalue weighted by molar-refractivity contribution is -0.137. The zero-order valence-corrected chi connectivity index (χ0v) is 13.4. The van der Waals surface area contributed by atoms with E-state index in [0.29, 0.717) is 37.6 Å². The summed E-state index contributed by atoms with van der Waals surface area (Å²) in [4.78, 5) is 25.9. The maximum atomic E-state index is 12.1. The minimum atomic E-state index is -0.253. The molecule has 1 saturated heterocycles. The highest BCUT2D eigenvalue weighted by molar-refractivity contribution is 5.83. The van der Waals surface area contributed by atoms with Crippen LogP contribution in [0.2, 0.25) is 0 Å². The second-order valence-electron chi connectivity index (χ2n) is 6.14. The fraction of sp³-hybridized carbons (Fsp3) is 0.444. The van der Waals surface area contributed by atoms with Gasteiger partial charge in [-0.3, -0.25) is 4.79 Å². The van der Waals surface area contributed by atoms with E-state index in [4.69, 9.17) is 13.9 Å². The van der Waals surface area contributed by atoms with Crippen LogP contribution in [0.1, 0.15) is 17.5 Å². The predicted molar refractivity (Wildman–Crippen MR) is 87.4 cm³/mol. The number of carbonyl (C=O) groups excluding carboxylic acids is 1. The molecule has 2 aliphatic rings. The molecule has 24 heavy (non-hydrogen) atoms. The summed E-state index contributed by atoms with van der Waals surface area (Å²) in [6, 6.07) is 5.44. The Morgan fingerprint density at radius 3 is 2.79 bits per heavy atom. The molecule has 6 heteroatoms. The van der Waals surface area contributed by atoms with Crippen molar-refractivity contribution >= 4 is 16.9 Å². The summed E-state index contributed by atoms with van der Waals surface area (Å²) in [5, 5.41) is 0.967. The second kappa shape index (κ2) is 6.28. The Labute approximate surface area is 139 Å². The minimum Gasteiger partial charge on any atom is -0.484 e. The fourth-order valence-corrected chi connectivity index (χ4v) is 3.40. The van der Waals surface area contributed by atoms with Crippen molar-refractivity contribution in [3.8, 4) is 5.75 Å². The summed E-state index contributed by atoms with van der Waals surface area (Å²) in [6.07, 6.45) is 2.69. The molecule has 0 bridgehead atoms. The molecule has 1 amide bonds. The van der Waals surface area contributed by atoms with E-state index < -0.39 is 0 Å². The molecule has 0 spiro atoms. The van der Waals surface area contributed by atoms with Gasteiger partial charge in [0.2, 0.25) is 0 Å². The van der Waals surface area contributed by atoms with Crippen molar-refractivity contribution in [1.29, 1.82) is 0 Å². The monoisotopic (exact) mass is 329 g/mol. The number of benzene rings is 1. The van der Waals surface area contributed by atoms with Gasteiger partial charge in [0, 0.05) is 30.1 Å². The highest BCUT2D eigenvalue weighted by Crippen LogP contribution is 2.29. The van der Waals surface area contributed by atoms with Crippen LogP contribution in [0.3, 0.4) is 0 Å². The first-order valence-corrected chi connectivity index (χ1v) is 8.29. The van der Waals surface area contributed by atoms with Gasteiger partial charge in [-0.05, 0) is 37.0 Å². The van der Waals surface area contributed by atoms with E-state index >= 15 is 0 Å². The van der Waals surface area contributed by atoms with Crippen LogP contribution in [0.5, 0.6) is 5.75 Å². The van der Waals surface area contributed by atoms with Gasteiger partial charge in [0.15, 0.2) is 6.61 Å². The lowest BCUT2D eigenvalue weighted by atomic mass is 10.1. The molecule has 1 aliphatic heterocycles. The lowest BCUT2D eigenvalue weighted by Gasteiger charge is -2.26. The normalized spacial score (nSPS) is 17.1. The van der Waals surface area contributed by atoms with Gasteiger partial charge >= 0.3 is 5.63 Å². The molecule has 1 aromatic carbocycles. The molecule has 2 heterocycles. The standard InChI is InChI=1S/C18H19NO5/c20-17(19-6-8-22-9-7-19)11-23-12-4-5-14-13-2-1-3-15(13)18(21)24-16(14)10-12/h4-5,10H,1-3,6-9,11H2. The first-order chi connectivity index (χ1) is 11.7. The van der Waals surface area contributed by atoms with E-state index in [1.54, 1.807) is 11.0 Å². The van der Waals surface area contributed by atoms with Gasteiger partial charge in [-0.15, -0.1) is 0 Å². The van der Waals surface area contributed by atoms with Crippen molar-refractivity contribution in [3.05, 3.63) is 39.7 Å². The molecule has 126 valence electrons. The van der Waals surface area contributed by atoms with Crippen LogP contribution < -0.4 is 10.4 Å². The Morgan fingerprint density at radius 1 is 1.17 bits per heavy atom. The topological polar surface area (TPSA) is 69.0 Å². The maximum absolute atomic E-state index is 12.1. The SMILES string of the molecule is O=C(COc1ccc2c3c(c(=O)oc2c1)CCC3)N1CCOCC1. The number of aryl methyl sites for hydroxylation is 1. The van der Waals surface area contributed by atoms with Gasteiger partial charge in [-0.2, -0.15) is 0 Å². The minimum absolute atomic E-state index is 0.0271. The average Bonchev–Trinajstić information content (AvgIpc) is 3.11. The Bertz CT molecular complexity index is 835. The van der Waals surface area contributed by atoms with Gasteiger partial charge in [-0.25, -0.2) is 4.79 Å². The smallest absolute Gasteiger partial charge is 0.339 e.